The Morgan fingerprint density at radius 1 is 1.10 bits per heavy atom. The van der Waals surface area contributed by atoms with Gasteiger partial charge in [0.25, 0.3) is 0 Å². The van der Waals surface area contributed by atoms with Crippen LogP contribution < -0.4 is 10.1 Å². The van der Waals surface area contributed by atoms with Gasteiger partial charge in [-0.25, -0.2) is 14.5 Å². The Morgan fingerprint density at radius 3 is 2.58 bits per heavy atom. The van der Waals surface area contributed by atoms with Gasteiger partial charge in [0.05, 0.1) is 40.7 Å². The lowest BCUT2D eigenvalue weighted by Gasteiger charge is -2.27. The number of hydrogen-bond donors (Lipinski definition) is 1. The SMILES string of the molecule is CC(C)(C)OC(=O)N(CCc1ncc(CC(=O)Nc2cc(-n3cnnc3)cc3c2cnn3C2CCCCO2)o1)Cc1ccc(OC(F)(F)F)c(Cl)c1. The van der Waals surface area contributed by atoms with E-state index < -0.39 is 23.8 Å². The minimum absolute atomic E-state index is 0.0387. The smallest absolute Gasteiger partial charge is 0.445 e. The van der Waals surface area contributed by atoms with Gasteiger partial charge in [0.2, 0.25) is 5.91 Å². The van der Waals surface area contributed by atoms with Crippen LogP contribution in [0.5, 0.6) is 5.75 Å². The third kappa shape index (κ3) is 9.38. The molecule has 1 fully saturated rings. The third-order valence-electron chi connectivity index (χ3n) is 7.90. The summed E-state index contributed by atoms with van der Waals surface area (Å²) in [5, 5.41) is 15.8. The number of amides is 2. The molecule has 2 aromatic carbocycles. The summed E-state index contributed by atoms with van der Waals surface area (Å²) < 4.78 is 63.0. The molecule has 1 aliphatic rings. The van der Waals surface area contributed by atoms with Crippen molar-refractivity contribution in [1.29, 1.82) is 0 Å². The van der Waals surface area contributed by atoms with Crippen molar-refractivity contribution >= 4 is 40.2 Å². The molecule has 1 N–H and O–H groups in total. The van der Waals surface area contributed by atoms with E-state index in [1.807, 2.05) is 10.7 Å². The van der Waals surface area contributed by atoms with E-state index in [4.69, 9.17) is 25.5 Å². The van der Waals surface area contributed by atoms with Gasteiger partial charge in [-0.05, 0) is 69.9 Å². The average Bonchev–Trinajstić information content (AvgIpc) is 3.85. The lowest BCUT2D eigenvalue weighted by atomic mass is 10.1. The molecule has 1 saturated heterocycles. The standard InChI is InChI=1S/C34H36ClF3N8O6/c1-33(2,3)52-32(48)44(18-21-7-8-28(25(35)12-21)51-34(36,37)38)10-9-30-39-16-23(50-30)15-29(47)43-26-13-22(45-19-40-41-20-45)14-27-24(26)17-42-46(27)31-6-4-5-11-49-31/h7-8,12-14,16-17,19-20,31H,4-6,9-11,15,18H2,1-3H3,(H,43,47). The van der Waals surface area contributed by atoms with Gasteiger partial charge in [-0.15, -0.1) is 23.4 Å². The second-order valence-electron chi connectivity index (χ2n) is 13.1. The maximum atomic E-state index is 13.3. The van der Waals surface area contributed by atoms with Crippen molar-refractivity contribution in [3.63, 3.8) is 0 Å². The van der Waals surface area contributed by atoms with E-state index in [0.717, 1.165) is 41.9 Å². The highest BCUT2D eigenvalue weighted by atomic mass is 35.5. The third-order valence-corrected chi connectivity index (χ3v) is 8.19. The lowest BCUT2D eigenvalue weighted by molar-refractivity contribution is -0.274. The molecule has 0 bridgehead atoms. The van der Waals surface area contributed by atoms with E-state index in [1.165, 1.54) is 23.2 Å². The van der Waals surface area contributed by atoms with Crippen molar-refractivity contribution in [2.45, 2.75) is 77.6 Å². The molecular weight excluding hydrogens is 709 g/mol. The zero-order chi connectivity index (χ0) is 37.0. The Labute approximate surface area is 300 Å². The molecule has 2 amide bonds. The van der Waals surface area contributed by atoms with Crippen molar-refractivity contribution in [2.75, 3.05) is 18.5 Å². The molecule has 3 aromatic heterocycles. The van der Waals surface area contributed by atoms with E-state index >= 15 is 0 Å². The summed E-state index contributed by atoms with van der Waals surface area (Å²) in [6, 6.07) is 7.48. The first-order valence-corrected chi connectivity index (χ1v) is 16.8. The van der Waals surface area contributed by atoms with E-state index in [9.17, 15) is 22.8 Å². The molecule has 18 heteroatoms. The van der Waals surface area contributed by atoms with Gasteiger partial charge >= 0.3 is 12.5 Å². The van der Waals surface area contributed by atoms with Crippen LogP contribution in [0.25, 0.3) is 16.6 Å². The summed E-state index contributed by atoms with van der Waals surface area (Å²) in [6.07, 6.45) is 3.30. The quantitative estimate of drug-likeness (QED) is 0.149. The van der Waals surface area contributed by atoms with Crippen LogP contribution in [0, 0.1) is 0 Å². The normalized spacial score (nSPS) is 15.1. The number of carbonyl (C=O) groups is 2. The Kier molecular flexibility index (Phi) is 10.7. The van der Waals surface area contributed by atoms with Crippen molar-refractivity contribution < 1.29 is 41.4 Å². The molecule has 1 atom stereocenters. The fourth-order valence-electron chi connectivity index (χ4n) is 5.62. The number of carbonyl (C=O) groups excluding carboxylic acids is 2. The molecule has 52 heavy (non-hydrogen) atoms. The molecule has 4 heterocycles. The summed E-state index contributed by atoms with van der Waals surface area (Å²) in [5.74, 6) is -0.374. The van der Waals surface area contributed by atoms with Gasteiger partial charge in [0, 0.05) is 31.5 Å². The molecule has 0 aliphatic carbocycles. The first kappa shape index (κ1) is 36.6. The fraction of sp³-hybridized carbons (Fsp3) is 0.412. The number of alkyl halides is 3. The van der Waals surface area contributed by atoms with Crippen LogP contribution in [0.4, 0.5) is 23.7 Å². The fourth-order valence-corrected chi connectivity index (χ4v) is 5.87. The zero-order valence-corrected chi connectivity index (χ0v) is 29.3. The summed E-state index contributed by atoms with van der Waals surface area (Å²) in [5.41, 5.74) is 1.64. The van der Waals surface area contributed by atoms with Crippen LogP contribution in [-0.4, -0.2) is 71.5 Å². The number of oxazole rings is 1. The number of anilines is 1. The first-order valence-electron chi connectivity index (χ1n) is 16.4. The van der Waals surface area contributed by atoms with E-state index in [0.29, 0.717) is 23.6 Å². The Morgan fingerprint density at radius 2 is 1.88 bits per heavy atom. The van der Waals surface area contributed by atoms with Crippen molar-refractivity contribution in [3.8, 4) is 11.4 Å². The largest absolute Gasteiger partial charge is 0.573 e. The highest BCUT2D eigenvalue weighted by molar-refractivity contribution is 6.32. The lowest BCUT2D eigenvalue weighted by Crippen LogP contribution is -2.37. The number of rotatable bonds is 11. The molecule has 0 saturated carbocycles. The Balaban J connectivity index is 1.14. The van der Waals surface area contributed by atoms with Gasteiger partial charge in [0.1, 0.15) is 29.8 Å². The second kappa shape index (κ2) is 15.2. The number of nitrogens with zero attached hydrogens (tertiary/aromatic N) is 7. The number of ether oxygens (including phenoxy) is 3. The second-order valence-corrected chi connectivity index (χ2v) is 13.5. The van der Waals surface area contributed by atoms with Crippen LogP contribution in [0.1, 0.15) is 63.5 Å². The van der Waals surface area contributed by atoms with Crippen LogP contribution >= 0.6 is 11.6 Å². The Hall–Kier alpha value is -5.16. The predicted molar refractivity (Wildman–Crippen MR) is 181 cm³/mol. The van der Waals surface area contributed by atoms with Crippen LogP contribution in [0.15, 0.2) is 59.8 Å². The monoisotopic (exact) mass is 744 g/mol. The topological polar surface area (TPSA) is 152 Å². The number of aromatic nitrogens is 6. The Bertz CT molecular complexity index is 2020. The minimum atomic E-state index is -4.91. The van der Waals surface area contributed by atoms with E-state index in [-0.39, 0.29) is 49.0 Å². The van der Waals surface area contributed by atoms with Crippen LogP contribution in [0.2, 0.25) is 5.02 Å². The summed E-state index contributed by atoms with van der Waals surface area (Å²) in [6.45, 7) is 5.81. The van der Waals surface area contributed by atoms with Crippen LogP contribution in [0.3, 0.4) is 0 Å². The summed E-state index contributed by atoms with van der Waals surface area (Å²) in [4.78, 5) is 32.1. The summed E-state index contributed by atoms with van der Waals surface area (Å²) in [7, 11) is 0. The van der Waals surface area contributed by atoms with Crippen molar-refractivity contribution in [3.05, 3.63) is 77.6 Å². The van der Waals surface area contributed by atoms with Crippen molar-refractivity contribution in [1.82, 2.24) is 34.4 Å². The van der Waals surface area contributed by atoms with Gasteiger partial charge in [0.15, 0.2) is 12.1 Å². The summed E-state index contributed by atoms with van der Waals surface area (Å²) >= 11 is 6.03. The molecule has 0 radical (unpaired) electrons. The van der Waals surface area contributed by atoms with Gasteiger partial charge in [-0.1, -0.05) is 17.7 Å². The average molecular weight is 745 g/mol. The maximum absolute atomic E-state index is 13.3. The number of benzene rings is 2. The van der Waals surface area contributed by atoms with Gasteiger partial charge in [-0.3, -0.25) is 9.36 Å². The molecule has 0 spiro atoms. The molecule has 1 unspecified atom stereocenters. The van der Waals surface area contributed by atoms with Crippen molar-refractivity contribution in [2.24, 2.45) is 0 Å². The molecule has 5 aromatic rings. The maximum Gasteiger partial charge on any atom is 0.573 e. The number of halogens is 4. The van der Waals surface area contributed by atoms with E-state index in [2.05, 4.69) is 30.3 Å². The first-order chi connectivity index (χ1) is 24.7. The minimum Gasteiger partial charge on any atom is -0.445 e. The predicted octanol–water partition coefficient (Wildman–Crippen LogP) is 7.02. The zero-order valence-electron chi connectivity index (χ0n) is 28.5. The molecule has 1 aliphatic heterocycles. The highest BCUT2D eigenvalue weighted by Crippen LogP contribution is 2.33. The molecular formula is C34H36ClF3N8O6. The van der Waals surface area contributed by atoms with Gasteiger partial charge < -0.3 is 28.8 Å². The molecule has 14 nitrogen and oxygen atoms in total. The number of hydrogen-bond acceptors (Lipinski definition) is 10. The number of nitrogens with one attached hydrogen (secondary N) is 1. The molecule has 276 valence electrons. The van der Waals surface area contributed by atoms with Gasteiger partial charge in [-0.2, -0.15) is 5.10 Å². The highest BCUT2D eigenvalue weighted by Gasteiger charge is 2.32. The molecule has 6 rings (SSSR count). The number of fused-ring (bicyclic) bond motifs is 1. The van der Waals surface area contributed by atoms with Crippen LogP contribution in [-0.2, 0) is 33.7 Å². The van der Waals surface area contributed by atoms with E-state index in [1.54, 1.807) is 50.3 Å².